The highest BCUT2D eigenvalue weighted by Crippen LogP contribution is 2.23. The highest BCUT2D eigenvalue weighted by atomic mass is 79.9. The minimum absolute atomic E-state index is 0.191. The molecule has 0 aliphatic carbocycles. The van der Waals surface area contributed by atoms with Crippen molar-refractivity contribution in [1.29, 1.82) is 0 Å². The molecule has 0 spiro atoms. The monoisotopic (exact) mass is 382 g/mol. The average Bonchev–Trinajstić information content (AvgIpc) is 2.88. The van der Waals surface area contributed by atoms with Crippen LogP contribution in [0.1, 0.15) is 19.4 Å². The summed E-state index contributed by atoms with van der Waals surface area (Å²) in [5.74, 6) is -1.51. The lowest BCUT2D eigenvalue weighted by molar-refractivity contribution is -0.143. The van der Waals surface area contributed by atoms with Crippen molar-refractivity contribution in [3.63, 3.8) is 0 Å². The number of hydrogen-bond acceptors (Lipinski definition) is 3. The Morgan fingerprint density at radius 3 is 2.83 bits per heavy atom. The normalized spacial score (nSPS) is 13.7. The van der Waals surface area contributed by atoms with Gasteiger partial charge in [-0.2, -0.15) is 0 Å². The van der Waals surface area contributed by atoms with Crippen LogP contribution in [0.15, 0.2) is 28.9 Å². The number of aliphatic carboxylic acids is 1. The van der Waals surface area contributed by atoms with Gasteiger partial charge in [-0.25, -0.2) is 4.79 Å². The fraction of sp³-hybridized carbons (Fsp3) is 0.375. The summed E-state index contributed by atoms with van der Waals surface area (Å²) >= 11 is 3.41. The molecule has 2 aromatic rings. The highest BCUT2D eigenvalue weighted by Gasteiger charge is 2.24. The fourth-order valence-corrected chi connectivity index (χ4v) is 2.72. The quantitative estimate of drug-likeness (QED) is 0.685. The third-order valence-corrected chi connectivity index (χ3v) is 4.05. The summed E-state index contributed by atoms with van der Waals surface area (Å²) in [6.07, 6.45) is 1.28. The first-order chi connectivity index (χ1) is 10.9. The highest BCUT2D eigenvalue weighted by molar-refractivity contribution is 9.10. The second kappa shape index (κ2) is 7.61. The van der Waals surface area contributed by atoms with Gasteiger partial charge < -0.3 is 20.1 Å². The molecule has 0 bridgehead atoms. The van der Waals surface area contributed by atoms with Gasteiger partial charge >= 0.3 is 5.97 Å². The average molecular weight is 383 g/mol. The summed E-state index contributed by atoms with van der Waals surface area (Å²) in [5, 5.41) is 12.8. The van der Waals surface area contributed by atoms with Gasteiger partial charge in [0.2, 0.25) is 5.91 Å². The SMILES string of the molecule is CCOC(C)C(=O)NC(Cc1c[nH]c2ccc(Br)cc12)C(=O)O. The number of carbonyl (C=O) groups excluding carboxylic acids is 1. The van der Waals surface area contributed by atoms with Crippen molar-refractivity contribution in [3.8, 4) is 0 Å². The van der Waals surface area contributed by atoms with Crippen LogP contribution in [0.2, 0.25) is 0 Å². The van der Waals surface area contributed by atoms with Gasteiger partial charge in [-0.15, -0.1) is 0 Å². The molecule has 0 saturated heterocycles. The molecule has 0 radical (unpaired) electrons. The Hall–Kier alpha value is -1.86. The number of hydrogen-bond donors (Lipinski definition) is 3. The van der Waals surface area contributed by atoms with Crippen LogP contribution in [-0.2, 0) is 20.7 Å². The number of aromatic nitrogens is 1. The maximum Gasteiger partial charge on any atom is 0.326 e. The number of carbonyl (C=O) groups is 2. The number of aromatic amines is 1. The molecule has 1 amide bonds. The summed E-state index contributed by atoms with van der Waals surface area (Å²) in [6.45, 7) is 3.77. The molecule has 6 nitrogen and oxygen atoms in total. The minimum atomic E-state index is -1.08. The number of fused-ring (bicyclic) bond motifs is 1. The van der Waals surface area contributed by atoms with E-state index in [1.165, 1.54) is 0 Å². The van der Waals surface area contributed by atoms with E-state index in [4.69, 9.17) is 4.74 Å². The van der Waals surface area contributed by atoms with Gasteiger partial charge in [0.15, 0.2) is 0 Å². The molecular formula is C16H19BrN2O4. The van der Waals surface area contributed by atoms with Crippen molar-refractivity contribution in [2.24, 2.45) is 0 Å². The summed E-state index contributed by atoms with van der Waals surface area (Å²) in [6, 6.07) is 4.73. The smallest absolute Gasteiger partial charge is 0.326 e. The third kappa shape index (κ3) is 4.33. The van der Waals surface area contributed by atoms with Crippen molar-refractivity contribution >= 4 is 38.7 Å². The van der Waals surface area contributed by atoms with Gasteiger partial charge in [0.1, 0.15) is 12.1 Å². The van der Waals surface area contributed by atoms with Crippen LogP contribution in [-0.4, -0.2) is 40.7 Å². The van der Waals surface area contributed by atoms with E-state index in [0.29, 0.717) is 6.61 Å². The molecule has 0 fully saturated rings. The Morgan fingerprint density at radius 1 is 1.43 bits per heavy atom. The van der Waals surface area contributed by atoms with E-state index in [1.54, 1.807) is 20.0 Å². The van der Waals surface area contributed by atoms with Crippen LogP contribution >= 0.6 is 15.9 Å². The number of carboxylic acids is 1. The number of carboxylic acid groups (broad SMARTS) is 1. The molecule has 1 aromatic heterocycles. The molecule has 2 atom stereocenters. The fourth-order valence-electron chi connectivity index (χ4n) is 2.35. The number of rotatable bonds is 7. The molecule has 1 aromatic carbocycles. The standard InChI is InChI=1S/C16H19BrN2O4/c1-3-23-9(2)15(20)19-14(16(21)22)6-10-8-18-13-5-4-11(17)7-12(10)13/h4-5,7-9,14,18H,3,6H2,1-2H3,(H,19,20)(H,21,22). The van der Waals surface area contributed by atoms with E-state index in [9.17, 15) is 14.7 Å². The summed E-state index contributed by atoms with van der Waals surface area (Å²) in [5.41, 5.74) is 1.75. The first-order valence-corrected chi connectivity index (χ1v) is 8.12. The molecule has 0 saturated carbocycles. The van der Waals surface area contributed by atoms with E-state index < -0.39 is 24.0 Å². The lowest BCUT2D eigenvalue weighted by Gasteiger charge is -2.17. The lowest BCUT2D eigenvalue weighted by Crippen LogP contribution is -2.46. The molecule has 2 rings (SSSR count). The number of benzene rings is 1. The number of H-pyrrole nitrogens is 1. The molecule has 1 heterocycles. The zero-order valence-corrected chi connectivity index (χ0v) is 14.5. The summed E-state index contributed by atoms with van der Waals surface area (Å²) < 4.78 is 6.10. The molecule has 0 aliphatic heterocycles. The van der Waals surface area contributed by atoms with Crippen LogP contribution < -0.4 is 5.32 Å². The molecule has 2 unspecified atom stereocenters. The Balaban J connectivity index is 2.17. The largest absolute Gasteiger partial charge is 0.480 e. The number of nitrogens with one attached hydrogen (secondary N) is 2. The Kier molecular flexibility index (Phi) is 5.79. The van der Waals surface area contributed by atoms with Crippen LogP contribution in [0.25, 0.3) is 10.9 Å². The van der Waals surface area contributed by atoms with Crippen LogP contribution in [0, 0.1) is 0 Å². The zero-order chi connectivity index (χ0) is 17.0. The minimum Gasteiger partial charge on any atom is -0.480 e. The van der Waals surface area contributed by atoms with Crippen molar-refractivity contribution in [3.05, 3.63) is 34.4 Å². The predicted molar refractivity (Wildman–Crippen MR) is 90.4 cm³/mol. The zero-order valence-electron chi connectivity index (χ0n) is 12.9. The molecule has 0 aliphatic rings. The summed E-state index contributed by atoms with van der Waals surface area (Å²) in [4.78, 5) is 26.6. The molecule has 7 heteroatoms. The first-order valence-electron chi connectivity index (χ1n) is 7.32. The van der Waals surface area contributed by atoms with Crippen molar-refractivity contribution in [2.45, 2.75) is 32.4 Å². The first kappa shape index (κ1) is 17.5. The summed E-state index contributed by atoms with van der Waals surface area (Å²) in [7, 11) is 0. The van der Waals surface area contributed by atoms with Crippen LogP contribution in [0.5, 0.6) is 0 Å². The van der Waals surface area contributed by atoms with E-state index in [1.807, 2.05) is 18.2 Å². The van der Waals surface area contributed by atoms with Crippen molar-refractivity contribution in [2.75, 3.05) is 6.61 Å². The number of halogens is 1. The van der Waals surface area contributed by atoms with Gasteiger partial charge in [-0.05, 0) is 37.6 Å². The molecule has 23 heavy (non-hydrogen) atoms. The maximum absolute atomic E-state index is 12.0. The third-order valence-electron chi connectivity index (χ3n) is 3.55. The Bertz CT molecular complexity index is 713. The number of ether oxygens (including phenoxy) is 1. The topological polar surface area (TPSA) is 91.4 Å². The van der Waals surface area contributed by atoms with E-state index in [0.717, 1.165) is 20.9 Å². The second-order valence-corrected chi connectivity index (χ2v) is 6.12. The Labute approximate surface area is 142 Å². The van der Waals surface area contributed by atoms with Crippen molar-refractivity contribution < 1.29 is 19.4 Å². The van der Waals surface area contributed by atoms with Crippen LogP contribution in [0.4, 0.5) is 0 Å². The van der Waals surface area contributed by atoms with Crippen LogP contribution in [0.3, 0.4) is 0 Å². The van der Waals surface area contributed by atoms with Gasteiger partial charge in [0, 0.05) is 34.6 Å². The molecular weight excluding hydrogens is 364 g/mol. The Morgan fingerprint density at radius 2 is 2.17 bits per heavy atom. The van der Waals surface area contributed by atoms with Crippen molar-refractivity contribution in [1.82, 2.24) is 10.3 Å². The van der Waals surface area contributed by atoms with Gasteiger partial charge in [-0.1, -0.05) is 15.9 Å². The molecule has 3 N–H and O–H groups in total. The lowest BCUT2D eigenvalue weighted by atomic mass is 10.0. The predicted octanol–water partition coefficient (Wildman–Crippen LogP) is 2.47. The number of amides is 1. The van der Waals surface area contributed by atoms with E-state index in [2.05, 4.69) is 26.2 Å². The second-order valence-electron chi connectivity index (χ2n) is 5.20. The van der Waals surface area contributed by atoms with E-state index >= 15 is 0 Å². The maximum atomic E-state index is 12.0. The van der Waals surface area contributed by atoms with Gasteiger partial charge in [-0.3, -0.25) is 4.79 Å². The van der Waals surface area contributed by atoms with E-state index in [-0.39, 0.29) is 6.42 Å². The van der Waals surface area contributed by atoms with Gasteiger partial charge in [0.05, 0.1) is 0 Å². The van der Waals surface area contributed by atoms with Gasteiger partial charge in [0.25, 0.3) is 0 Å². The molecule has 124 valence electrons.